The second kappa shape index (κ2) is 15.4. The van der Waals surface area contributed by atoms with Crippen molar-refractivity contribution in [3.05, 3.63) is 44.1 Å². The molecule has 0 spiro atoms. The number of nitrogens with one attached hydrogen (secondary N) is 1. The van der Waals surface area contributed by atoms with Crippen LogP contribution in [0.3, 0.4) is 0 Å². The van der Waals surface area contributed by atoms with Crippen LogP contribution in [0.4, 0.5) is 4.79 Å². The number of alkyl carbamates (subject to hydrolysis) is 1. The number of carbonyl (C=O) groups excluding carboxylic acids is 1. The number of amidine groups is 1. The second-order valence-corrected chi connectivity index (χ2v) is 14.0. The van der Waals surface area contributed by atoms with Crippen molar-refractivity contribution in [2.45, 2.75) is 51.9 Å². The summed E-state index contributed by atoms with van der Waals surface area (Å²) in [6.07, 6.45) is -1.49. The topological polar surface area (TPSA) is 153 Å². The van der Waals surface area contributed by atoms with Crippen molar-refractivity contribution in [2.75, 3.05) is 13.2 Å². The van der Waals surface area contributed by atoms with Gasteiger partial charge in [0.05, 0.1) is 19.5 Å². The van der Waals surface area contributed by atoms with E-state index in [2.05, 4.69) is 101 Å². The number of hydrogen-bond acceptors (Lipinski definition) is 7. The maximum atomic E-state index is 12.1. The molecule has 2 unspecified atom stereocenters. The molecule has 0 aliphatic heterocycles. The van der Waals surface area contributed by atoms with E-state index in [1.807, 2.05) is 24.3 Å². The van der Waals surface area contributed by atoms with E-state index in [1.165, 1.54) is 0 Å². The molecule has 1 amide bonds. The number of amides is 1. The van der Waals surface area contributed by atoms with Crippen molar-refractivity contribution in [3.8, 4) is 17.2 Å². The Morgan fingerprint density at radius 3 is 2.00 bits per heavy atom. The number of halogens is 4. The standard InChI is InChI=1S/C25H29I4N3O7/c1-12(30)31-10-13(33)11-37-22-19(28)7-15(8-20(22)29)38-14-5-17(26)16(18(27)6-14)9-21(23(34)35)32-24(36)39-25(2,3)4/h5-8,13,21,33H,9-11H2,1-4H3,(H2,30,31)(H,32,36)(H,34,35). The normalized spacial score (nSPS) is 13.4. The summed E-state index contributed by atoms with van der Waals surface area (Å²) in [6.45, 7) is 7.02. The molecule has 0 aliphatic carbocycles. The molecule has 2 atom stereocenters. The van der Waals surface area contributed by atoms with Gasteiger partial charge in [0.15, 0.2) is 0 Å². The van der Waals surface area contributed by atoms with Crippen LogP contribution in [0.2, 0.25) is 0 Å². The molecule has 5 N–H and O–H groups in total. The highest BCUT2D eigenvalue weighted by atomic mass is 127. The lowest BCUT2D eigenvalue weighted by Gasteiger charge is -2.22. The van der Waals surface area contributed by atoms with Crippen molar-refractivity contribution in [3.63, 3.8) is 0 Å². The van der Waals surface area contributed by atoms with E-state index in [-0.39, 0.29) is 19.6 Å². The van der Waals surface area contributed by atoms with Gasteiger partial charge in [0.25, 0.3) is 0 Å². The molecule has 39 heavy (non-hydrogen) atoms. The van der Waals surface area contributed by atoms with Gasteiger partial charge in [0.2, 0.25) is 0 Å². The number of rotatable bonds is 11. The Balaban J connectivity index is 2.15. The first-order chi connectivity index (χ1) is 18.1. The zero-order valence-corrected chi connectivity index (χ0v) is 30.2. The van der Waals surface area contributed by atoms with Gasteiger partial charge in [0, 0.05) is 13.6 Å². The Kier molecular flexibility index (Phi) is 13.5. The molecule has 10 nitrogen and oxygen atoms in total. The van der Waals surface area contributed by atoms with Crippen molar-refractivity contribution < 1.29 is 34.0 Å². The number of aliphatic carboxylic acids is 1. The minimum atomic E-state index is -1.16. The molecule has 0 aliphatic rings. The van der Waals surface area contributed by atoms with E-state index < -0.39 is 29.8 Å². The summed E-state index contributed by atoms with van der Waals surface area (Å²) in [4.78, 5) is 28.0. The summed E-state index contributed by atoms with van der Waals surface area (Å²) in [5.41, 5.74) is 5.54. The number of carboxylic acid groups (broad SMARTS) is 1. The summed E-state index contributed by atoms with van der Waals surface area (Å²) in [7, 11) is 0. The summed E-state index contributed by atoms with van der Waals surface area (Å²) < 4.78 is 20.3. The van der Waals surface area contributed by atoms with Crippen LogP contribution in [0.5, 0.6) is 17.2 Å². The number of nitrogens with zero attached hydrogens (tertiary/aromatic N) is 1. The van der Waals surface area contributed by atoms with Gasteiger partial charge in [-0.05, 0) is 148 Å². The van der Waals surface area contributed by atoms with Crippen LogP contribution in [0.1, 0.15) is 33.3 Å². The van der Waals surface area contributed by atoms with Crippen LogP contribution >= 0.6 is 90.4 Å². The molecule has 2 rings (SSSR count). The van der Waals surface area contributed by atoms with Crippen molar-refractivity contribution in [1.82, 2.24) is 5.32 Å². The van der Waals surface area contributed by atoms with Crippen molar-refractivity contribution >= 4 is 108 Å². The van der Waals surface area contributed by atoms with Crippen molar-refractivity contribution in [2.24, 2.45) is 10.7 Å². The van der Waals surface area contributed by atoms with Crippen molar-refractivity contribution in [1.29, 1.82) is 0 Å². The fourth-order valence-corrected chi connectivity index (χ4v) is 7.21. The van der Waals surface area contributed by atoms with Gasteiger partial charge in [-0.25, -0.2) is 9.59 Å². The average molecular weight is 991 g/mol. The highest BCUT2D eigenvalue weighted by Gasteiger charge is 2.26. The molecule has 0 heterocycles. The Labute approximate surface area is 281 Å². The van der Waals surface area contributed by atoms with E-state index in [0.717, 1.165) is 19.8 Å². The monoisotopic (exact) mass is 991 g/mol. The maximum absolute atomic E-state index is 12.1. The number of aliphatic hydroxyl groups is 1. The van der Waals surface area contributed by atoms with E-state index in [1.54, 1.807) is 27.7 Å². The number of aliphatic imine (C=N–C) groups is 1. The Morgan fingerprint density at radius 1 is 1.03 bits per heavy atom. The predicted molar refractivity (Wildman–Crippen MR) is 182 cm³/mol. The third-order valence-corrected chi connectivity index (χ3v) is 8.22. The van der Waals surface area contributed by atoms with Crippen LogP contribution in [0.25, 0.3) is 0 Å². The third-order valence-electron chi connectivity index (χ3n) is 4.69. The largest absolute Gasteiger partial charge is 0.489 e. The number of benzene rings is 2. The first kappa shape index (κ1) is 34.3. The lowest BCUT2D eigenvalue weighted by Crippen LogP contribution is -2.44. The van der Waals surface area contributed by atoms with Gasteiger partial charge >= 0.3 is 12.1 Å². The quantitative estimate of drug-likeness (QED) is 0.130. The average Bonchev–Trinajstić information content (AvgIpc) is 2.77. The number of ether oxygens (including phenoxy) is 3. The minimum absolute atomic E-state index is 0.0704. The first-order valence-electron chi connectivity index (χ1n) is 11.5. The SMILES string of the molecule is CC(N)=NCC(O)COc1c(I)cc(Oc2cc(I)c(CC(NC(=O)OC(C)(C)C)C(=O)O)c(I)c2)cc1I. The highest BCUT2D eigenvalue weighted by molar-refractivity contribution is 14.1. The summed E-state index contributed by atoms with van der Waals surface area (Å²) >= 11 is 8.55. The number of aliphatic hydroxyl groups excluding tert-OH is 1. The molecular weight excluding hydrogens is 962 g/mol. The number of carboxylic acids is 1. The molecule has 0 bridgehead atoms. The van der Waals surface area contributed by atoms with Crippen LogP contribution in [0.15, 0.2) is 29.3 Å². The summed E-state index contributed by atoms with van der Waals surface area (Å²) in [5.74, 6) is 1.04. The second-order valence-electron chi connectivity index (χ2n) is 9.37. The zero-order chi connectivity index (χ0) is 29.5. The van der Waals surface area contributed by atoms with E-state index in [9.17, 15) is 19.8 Å². The Hall–Kier alpha value is -0.870. The number of hydrogen-bond donors (Lipinski definition) is 4. The highest BCUT2D eigenvalue weighted by Crippen LogP contribution is 2.35. The first-order valence-corrected chi connectivity index (χ1v) is 15.8. The molecule has 0 radical (unpaired) electrons. The smallest absolute Gasteiger partial charge is 0.408 e. The molecule has 0 saturated heterocycles. The van der Waals surface area contributed by atoms with Gasteiger partial charge < -0.3 is 35.5 Å². The minimum Gasteiger partial charge on any atom is -0.489 e. The molecule has 14 heteroatoms. The lowest BCUT2D eigenvalue weighted by atomic mass is 10.1. The fraction of sp³-hybridized carbons (Fsp3) is 0.400. The zero-order valence-electron chi connectivity index (χ0n) is 21.6. The maximum Gasteiger partial charge on any atom is 0.408 e. The molecule has 0 saturated carbocycles. The van der Waals surface area contributed by atoms with Gasteiger partial charge in [-0.1, -0.05) is 0 Å². The van der Waals surface area contributed by atoms with E-state index in [4.69, 9.17) is 19.9 Å². The molecule has 2 aromatic carbocycles. The van der Waals surface area contributed by atoms with Crippen LogP contribution in [-0.2, 0) is 16.0 Å². The predicted octanol–water partition coefficient (Wildman–Crippen LogP) is 5.53. The number of nitrogens with two attached hydrogens (primary N) is 1. The van der Waals surface area contributed by atoms with Crippen LogP contribution < -0.4 is 20.5 Å². The summed E-state index contributed by atoms with van der Waals surface area (Å²) in [5, 5.41) is 22.2. The van der Waals surface area contributed by atoms with Gasteiger partial charge in [-0.3, -0.25) is 4.99 Å². The Morgan fingerprint density at radius 2 is 1.54 bits per heavy atom. The van der Waals surface area contributed by atoms with E-state index in [0.29, 0.717) is 23.1 Å². The van der Waals surface area contributed by atoms with Gasteiger partial charge in [-0.15, -0.1) is 0 Å². The molecule has 2 aromatic rings. The molecule has 0 aromatic heterocycles. The van der Waals surface area contributed by atoms with Crippen LogP contribution in [0, 0.1) is 14.3 Å². The number of carbonyl (C=O) groups is 2. The van der Waals surface area contributed by atoms with Gasteiger partial charge in [0.1, 0.15) is 41.6 Å². The fourth-order valence-electron chi connectivity index (χ4n) is 3.04. The lowest BCUT2D eigenvalue weighted by molar-refractivity contribution is -0.139. The molecule has 214 valence electrons. The van der Waals surface area contributed by atoms with E-state index >= 15 is 0 Å². The Bertz CT molecular complexity index is 1180. The third kappa shape index (κ3) is 11.9. The molecule has 0 fully saturated rings. The summed E-state index contributed by atoms with van der Waals surface area (Å²) in [6, 6.07) is 6.11. The molecular formula is C25H29I4N3O7. The van der Waals surface area contributed by atoms with Crippen LogP contribution in [-0.4, -0.2) is 59.0 Å². The van der Waals surface area contributed by atoms with Gasteiger partial charge in [-0.2, -0.15) is 0 Å².